The van der Waals surface area contributed by atoms with Crippen LogP contribution in [0.15, 0.2) is 23.3 Å². The molecule has 1 heteroatoms. The van der Waals surface area contributed by atoms with Gasteiger partial charge in [-0.2, -0.15) is 0 Å². The van der Waals surface area contributed by atoms with Gasteiger partial charge in [-0.3, -0.25) is 4.90 Å². The normalized spacial score (nSPS) is 28.9. The molecule has 0 unspecified atom stereocenters. The fraction of sp³-hybridized carbons (Fsp3) is 0.692. The van der Waals surface area contributed by atoms with Crippen molar-refractivity contribution >= 4 is 0 Å². The fourth-order valence-corrected chi connectivity index (χ4v) is 2.43. The van der Waals surface area contributed by atoms with Gasteiger partial charge in [-0.1, -0.05) is 24.6 Å². The summed E-state index contributed by atoms with van der Waals surface area (Å²) < 4.78 is 0. The van der Waals surface area contributed by atoms with Crippen molar-refractivity contribution in [2.45, 2.75) is 33.1 Å². The van der Waals surface area contributed by atoms with Gasteiger partial charge in [-0.25, -0.2) is 0 Å². The third kappa shape index (κ3) is 2.27. The first-order valence-electron chi connectivity index (χ1n) is 5.83. The minimum Gasteiger partial charge on any atom is -0.299 e. The summed E-state index contributed by atoms with van der Waals surface area (Å²) in [6.45, 7) is 8.43. The Balaban J connectivity index is 1.94. The summed E-state index contributed by atoms with van der Waals surface area (Å²) in [5.74, 6) is 0.906. The number of rotatable bonds is 2. The molecule has 0 N–H and O–H groups in total. The summed E-state index contributed by atoms with van der Waals surface area (Å²) in [4.78, 5) is 2.60. The van der Waals surface area contributed by atoms with Gasteiger partial charge in [-0.15, -0.1) is 0 Å². The summed E-state index contributed by atoms with van der Waals surface area (Å²) in [7, 11) is 0. The van der Waals surface area contributed by atoms with Crippen LogP contribution in [0.3, 0.4) is 0 Å². The van der Waals surface area contributed by atoms with Gasteiger partial charge in [0.1, 0.15) is 0 Å². The van der Waals surface area contributed by atoms with Crippen molar-refractivity contribution in [3.63, 3.8) is 0 Å². The Morgan fingerprint density at radius 1 is 1.50 bits per heavy atom. The van der Waals surface area contributed by atoms with E-state index in [1.54, 1.807) is 11.1 Å². The lowest BCUT2D eigenvalue weighted by molar-refractivity contribution is 0.357. The van der Waals surface area contributed by atoms with Crippen LogP contribution in [0.5, 0.6) is 0 Å². The zero-order chi connectivity index (χ0) is 9.97. The molecule has 14 heavy (non-hydrogen) atoms. The van der Waals surface area contributed by atoms with E-state index in [9.17, 15) is 0 Å². The molecule has 78 valence electrons. The highest BCUT2D eigenvalue weighted by Crippen LogP contribution is 2.22. The number of likely N-dealkylation sites (tertiary alicyclic amines) is 1. The van der Waals surface area contributed by atoms with Crippen molar-refractivity contribution in [2.75, 3.05) is 19.6 Å². The van der Waals surface area contributed by atoms with E-state index in [2.05, 4.69) is 30.9 Å². The second-order valence-electron chi connectivity index (χ2n) is 4.88. The molecule has 2 rings (SSSR count). The first-order chi connectivity index (χ1) is 6.75. The molecule has 1 nitrogen and oxygen atoms in total. The minimum absolute atomic E-state index is 0.906. The van der Waals surface area contributed by atoms with Crippen molar-refractivity contribution in [2.24, 2.45) is 5.92 Å². The highest BCUT2D eigenvalue weighted by Gasteiger charge is 2.19. The molecule has 2 aliphatic rings. The van der Waals surface area contributed by atoms with Crippen molar-refractivity contribution < 1.29 is 0 Å². The van der Waals surface area contributed by atoms with Gasteiger partial charge in [0, 0.05) is 13.1 Å². The Bertz CT molecular complexity index is 262. The monoisotopic (exact) mass is 191 g/mol. The van der Waals surface area contributed by atoms with Crippen molar-refractivity contribution in [3.8, 4) is 0 Å². The Labute approximate surface area is 87.5 Å². The first kappa shape index (κ1) is 9.97. The molecule has 0 saturated carbocycles. The molecule has 0 spiro atoms. The van der Waals surface area contributed by atoms with Crippen LogP contribution in [-0.2, 0) is 0 Å². The van der Waals surface area contributed by atoms with Gasteiger partial charge in [0.15, 0.2) is 0 Å². The molecule has 1 atom stereocenters. The second kappa shape index (κ2) is 4.31. The number of allylic oxidation sites excluding steroid dienone is 2. The van der Waals surface area contributed by atoms with Gasteiger partial charge in [0.2, 0.25) is 0 Å². The van der Waals surface area contributed by atoms with E-state index in [-0.39, 0.29) is 0 Å². The van der Waals surface area contributed by atoms with Crippen molar-refractivity contribution in [3.05, 3.63) is 23.3 Å². The summed E-state index contributed by atoms with van der Waals surface area (Å²) in [6, 6.07) is 0. The van der Waals surface area contributed by atoms with E-state index in [1.807, 2.05) is 0 Å². The van der Waals surface area contributed by atoms with E-state index < -0.39 is 0 Å². The lowest BCUT2D eigenvalue weighted by Gasteiger charge is -2.19. The molecular weight excluding hydrogens is 170 g/mol. The first-order valence-corrected chi connectivity index (χ1v) is 5.83. The smallest absolute Gasteiger partial charge is 0.0233 e. The molecule has 1 fully saturated rings. The summed E-state index contributed by atoms with van der Waals surface area (Å²) in [5, 5.41) is 0. The standard InChI is InChI=1S/C13H21N/c1-11-7-8-14(9-11)10-13-6-4-3-5-12(13)2/h4,6,11H,3,5,7-10H2,1-2H3/t11-/m1/s1. The van der Waals surface area contributed by atoms with Gasteiger partial charge in [-0.05, 0) is 44.2 Å². The van der Waals surface area contributed by atoms with Gasteiger partial charge < -0.3 is 0 Å². The number of nitrogens with zero attached hydrogens (tertiary/aromatic N) is 1. The van der Waals surface area contributed by atoms with Crippen LogP contribution in [0.4, 0.5) is 0 Å². The molecule has 1 heterocycles. The third-order valence-electron chi connectivity index (χ3n) is 3.46. The predicted molar refractivity (Wildman–Crippen MR) is 61.3 cm³/mol. The lowest BCUT2D eigenvalue weighted by atomic mass is 9.99. The minimum atomic E-state index is 0.906. The highest BCUT2D eigenvalue weighted by molar-refractivity contribution is 5.29. The summed E-state index contributed by atoms with van der Waals surface area (Å²) >= 11 is 0. The highest BCUT2D eigenvalue weighted by atomic mass is 15.1. The molecule has 0 aromatic carbocycles. The second-order valence-corrected chi connectivity index (χ2v) is 4.88. The molecule has 1 aliphatic heterocycles. The molecule has 1 saturated heterocycles. The summed E-state index contributed by atoms with van der Waals surface area (Å²) in [6.07, 6.45) is 8.56. The van der Waals surface area contributed by atoms with Crippen LogP contribution < -0.4 is 0 Å². The Kier molecular flexibility index (Phi) is 3.07. The molecular formula is C13H21N. The zero-order valence-electron chi connectivity index (χ0n) is 9.42. The maximum absolute atomic E-state index is 2.60. The van der Waals surface area contributed by atoms with Crippen LogP contribution in [0, 0.1) is 5.92 Å². The average molecular weight is 191 g/mol. The Hall–Kier alpha value is -0.560. The zero-order valence-corrected chi connectivity index (χ0v) is 9.42. The Morgan fingerprint density at radius 2 is 2.36 bits per heavy atom. The quantitative estimate of drug-likeness (QED) is 0.648. The van der Waals surface area contributed by atoms with Gasteiger partial charge >= 0.3 is 0 Å². The molecule has 0 bridgehead atoms. The number of hydrogen-bond acceptors (Lipinski definition) is 1. The van der Waals surface area contributed by atoms with E-state index in [0.717, 1.165) is 5.92 Å². The third-order valence-corrected chi connectivity index (χ3v) is 3.46. The molecule has 0 aromatic rings. The van der Waals surface area contributed by atoms with E-state index >= 15 is 0 Å². The Morgan fingerprint density at radius 3 is 3.00 bits per heavy atom. The average Bonchev–Trinajstić information content (AvgIpc) is 2.56. The van der Waals surface area contributed by atoms with Crippen molar-refractivity contribution in [1.82, 2.24) is 4.90 Å². The van der Waals surface area contributed by atoms with Crippen molar-refractivity contribution in [1.29, 1.82) is 0 Å². The van der Waals surface area contributed by atoms with E-state index in [1.165, 1.54) is 38.9 Å². The predicted octanol–water partition coefficient (Wildman–Crippen LogP) is 2.99. The molecule has 0 aromatic heterocycles. The van der Waals surface area contributed by atoms with Crippen LogP contribution in [0.1, 0.15) is 33.1 Å². The van der Waals surface area contributed by atoms with E-state index in [4.69, 9.17) is 0 Å². The number of hydrogen-bond donors (Lipinski definition) is 0. The molecule has 1 aliphatic carbocycles. The van der Waals surface area contributed by atoms with Gasteiger partial charge in [0.05, 0.1) is 0 Å². The topological polar surface area (TPSA) is 3.24 Å². The maximum Gasteiger partial charge on any atom is 0.0233 e. The lowest BCUT2D eigenvalue weighted by Crippen LogP contribution is -2.23. The summed E-state index contributed by atoms with van der Waals surface area (Å²) in [5.41, 5.74) is 3.18. The van der Waals surface area contributed by atoms with Gasteiger partial charge in [0.25, 0.3) is 0 Å². The SMILES string of the molecule is CC1=C(CN2CC[C@@H](C)C2)C=CCC1. The molecule has 0 amide bonds. The van der Waals surface area contributed by atoms with Crippen LogP contribution in [0.2, 0.25) is 0 Å². The van der Waals surface area contributed by atoms with Crippen LogP contribution in [-0.4, -0.2) is 24.5 Å². The molecule has 0 radical (unpaired) electrons. The maximum atomic E-state index is 2.60. The van der Waals surface area contributed by atoms with Crippen LogP contribution in [0.25, 0.3) is 0 Å². The fourth-order valence-electron chi connectivity index (χ4n) is 2.43. The van der Waals surface area contributed by atoms with Crippen LogP contribution >= 0.6 is 0 Å². The van der Waals surface area contributed by atoms with E-state index in [0.29, 0.717) is 0 Å². The largest absolute Gasteiger partial charge is 0.299 e.